The third kappa shape index (κ3) is 5.91. The molecular weight excluding hydrogens is 336 g/mol. The zero-order chi connectivity index (χ0) is 19.7. The van der Waals surface area contributed by atoms with Gasteiger partial charge in [-0.3, -0.25) is 9.79 Å². The maximum Gasteiger partial charge on any atom is 0.222 e. The van der Waals surface area contributed by atoms with E-state index in [9.17, 15) is 4.79 Å². The number of rotatable bonds is 9. The molecule has 1 atom stereocenters. The number of aliphatic imine (C=N–C) groups is 1. The van der Waals surface area contributed by atoms with Crippen LogP contribution in [0.5, 0.6) is 0 Å². The summed E-state index contributed by atoms with van der Waals surface area (Å²) >= 11 is 0. The lowest BCUT2D eigenvalue weighted by atomic mass is 9.68. The van der Waals surface area contributed by atoms with Crippen molar-refractivity contribution in [2.24, 2.45) is 21.4 Å². The molecule has 0 radical (unpaired) electrons. The van der Waals surface area contributed by atoms with Crippen LogP contribution in [-0.4, -0.2) is 43.5 Å². The maximum atomic E-state index is 12.7. The molecule has 5 heteroatoms. The third-order valence-electron chi connectivity index (χ3n) is 6.18. The summed E-state index contributed by atoms with van der Waals surface area (Å²) in [6.07, 6.45) is 6.01. The maximum absolute atomic E-state index is 12.7. The molecule has 1 N–H and O–H groups in total. The van der Waals surface area contributed by atoms with E-state index in [-0.39, 0.29) is 11.3 Å². The summed E-state index contributed by atoms with van der Waals surface area (Å²) in [6, 6.07) is 8.46. The number of carbonyl (C=O) groups excluding carboxylic acids is 1. The van der Waals surface area contributed by atoms with Crippen molar-refractivity contribution in [1.29, 1.82) is 0 Å². The monoisotopic (exact) mass is 370 g/mol. The summed E-state index contributed by atoms with van der Waals surface area (Å²) in [6.45, 7) is 12.5. The largest absolute Gasteiger partial charge is 0.343 e. The van der Waals surface area contributed by atoms with Crippen molar-refractivity contribution >= 4 is 19.0 Å². The highest BCUT2D eigenvalue weighted by molar-refractivity contribution is 5.76. The fourth-order valence-electron chi connectivity index (χ4n) is 3.93. The Morgan fingerprint density at radius 2 is 2.00 bits per heavy atom. The van der Waals surface area contributed by atoms with Crippen LogP contribution in [0.3, 0.4) is 0 Å². The summed E-state index contributed by atoms with van der Waals surface area (Å²) in [5.74, 6) is 0.858. The lowest BCUT2D eigenvalue weighted by Gasteiger charge is -2.45. The van der Waals surface area contributed by atoms with Gasteiger partial charge in [0.25, 0.3) is 0 Å². The van der Waals surface area contributed by atoms with Gasteiger partial charge in [-0.1, -0.05) is 50.1 Å². The van der Waals surface area contributed by atoms with E-state index in [1.165, 1.54) is 17.5 Å². The molecule has 1 unspecified atom stereocenters. The van der Waals surface area contributed by atoms with Gasteiger partial charge >= 0.3 is 0 Å². The number of likely N-dealkylation sites (tertiary alicyclic amines) is 1. The molecule has 0 spiro atoms. The Morgan fingerprint density at radius 3 is 2.59 bits per heavy atom. The summed E-state index contributed by atoms with van der Waals surface area (Å²) in [5.41, 5.74) is 5.81. The number of aryl methyl sites for hydroxylation is 2. The molecule has 148 valence electrons. The van der Waals surface area contributed by atoms with Crippen LogP contribution in [0, 0.1) is 18.3 Å². The molecule has 0 aliphatic carbocycles. The third-order valence-corrected chi connectivity index (χ3v) is 6.18. The van der Waals surface area contributed by atoms with Gasteiger partial charge in [-0.2, -0.15) is 5.10 Å². The summed E-state index contributed by atoms with van der Waals surface area (Å²) in [4.78, 5) is 18.3. The molecule has 0 bridgehead atoms. The first-order valence-corrected chi connectivity index (χ1v) is 10.0. The summed E-state index contributed by atoms with van der Waals surface area (Å²) in [5, 5.41) is 4.08. The SMILES string of the molecule is C=N/C=N\NCC1(C(C)CC)CCN(C(=O)CCc2ccc(C)cc2)CC1. The minimum Gasteiger partial charge on any atom is -0.343 e. The number of carbonyl (C=O) groups is 1. The molecule has 1 heterocycles. The van der Waals surface area contributed by atoms with E-state index < -0.39 is 0 Å². The lowest BCUT2D eigenvalue weighted by molar-refractivity contribution is -0.134. The molecule has 1 fully saturated rings. The minimum atomic E-state index is 0.182. The van der Waals surface area contributed by atoms with E-state index in [2.05, 4.69) is 67.3 Å². The Kier molecular flexibility index (Phi) is 8.01. The highest BCUT2D eigenvalue weighted by atomic mass is 16.2. The van der Waals surface area contributed by atoms with Crippen molar-refractivity contribution in [3.63, 3.8) is 0 Å². The van der Waals surface area contributed by atoms with E-state index in [0.717, 1.165) is 45.3 Å². The Morgan fingerprint density at radius 1 is 1.33 bits per heavy atom. The zero-order valence-electron chi connectivity index (χ0n) is 17.1. The molecule has 1 aromatic rings. The topological polar surface area (TPSA) is 57.1 Å². The molecule has 0 aromatic heterocycles. The van der Waals surface area contributed by atoms with Crippen LogP contribution in [0.4, 0.5) is 0 Å². The molecule has 27 heavy (non-hydrogen) atoms. The molecule has 1 aliphatic heterocycles. The number of hydrogen-bond acceptors (Lipinski definition) is 3. The van der Waals surface area contributed by atoms with Crippen LogP contribution in [0.2, 0.25) is 0 Å². The van der Waals surface area contributed by atoms with Crippen molar-refractivity contribution in [2.75, 3.05) is 19.6 Å². The number of hydrogen-bond donors (Lipinski definition) is 1. The van der Waals surface area contributed by atoms with E-state index in [1.54, 1.807) is 0 Å². The first kappa shape index (κ1) is 21.1. The molecule has 1 aliphatic rings. The van der Waals surface area contributed by atoms with E-state index in [4.69, 9.17) is 0 Å². The Bertz CT molecular complexity index is 630. The minimum absolute atomic E-state index is 0.182. The van der Waals surface area contributed by atoms with Gasteiger partial charge in [0.15, 0.2) is 0 Å². The number of piperidine rings is 1. The Hall–Kier alpha value is -2.17. The van der Waals surface area contributed by atoms with Crippen molar-refractivity contribution in [1.82, 2.24) is 10.3 Å². The molecule has 1 amide bonds. The molecule has 2 rings (SSSR count). The van der Waals surface area contributed by atoms with Crippen LogP contribution in [-0.2, 0) is 11.2 Å². The standard InChI is InChI=1S/C22H34N4O/c1-5-19(3)22(16-24-25-17-23-4)12-14-26(15-13-22)21(27)11-10-20-8-6-18(2)7-9-20/h6-9,17,19,24H,4-5,10-16H2,1-3H3/b25-17-. The van der Waals surface area contributed by atoms with Crippen molar-refractivity contribution in [3.8, 4) is 0 Å². The van der Waals surface area contributed by atoms with Crippen LogP contribution in [0.25, 0.3) is 0 Å². The second-order valence-electron chi connectivity index (χ2n) is 7.80. The smallest absolute Gasteiger partial charge is 0.222 e. The van der Waals surface area contributed by atoms with Gasteiger partial charge in [0, 0.05) is 26.1 Å². The predicted octanol–water partition coefficient (Wildman–Crippen LogP) is 3.82. The van der Waals surface area contributed by atoms with Gasteiger partial charge in [0.05, 0.1) is 0 Å². The second kappa shape index (κ2) is 10.2. The first-order valence-electron chi connectivity index (χ1n) is 10.0. The fraction of sp³-hybridized carbons (Fsp3) is 0.591. The van der Waals surface area contributed by atoms with Gasteiger partial charge in [0.1, 0.15) is 6.34 Å². The average Bonchev–Trinajstić information content (AvgIpc) is 2.70. The number of nitrogens with zero attached hydrogens (tertiary/aromatic N) is 3. The molecular formula is C22H34N4O. The quantitative estimate of drug-likeness (QED) is 0.408. The van der Waals surface area contributed by atoms with Crippen molar-refractivity contribution < 1.29 is 4.79 Å². The molecule has 1 aromatic carbocycles. The van der Waals surface area contributed by atoms with Crippen LogP contribution >= 0.6 is 0 Å². The highest BCUT2D eigenvalue weighted by Crippen LogP contribution is 2.40. The predicted molar refractivity (Wildman–Crippen MR) is 113 cm³/mol. The van der Waals surface area contributed by atoms with E-state index in [1.807, 2.05) is 4.90 Å². The summed E-state index contributed by atoms with van der Waals surface area (Å²) in [7, 11) is 0. The highest BCUT2D eigenvalue weighted by Gasteiger charge is 2.39. The zero-order valence-corrected chi connectivity index (χ0v) is 17.1. The Labute approximate surface area is 163 Å². The fourth-order valence-corrected chi connectivity index (χ4v) is 3.93. The van der Waals surface area contributed by atoms with Gasteiger partial charge in [-0.25, -0.2) is 0 Å². The van der Waals surface area contributed by atoms with Crippen LogP contribution < -0.4 is 5.43 Å². The molecule has 1 saturated heterocycles. The number of amides is 1. The van der Waals surface area contributed by atoms with Gasteiger partial charge in [-0.15, -0.1) is 0 Å². The van der Waals surface area contributed by atoms with Crippen LogP contribution in [0.15, 0.2) is 34.4 Å². The average molecular weight is 371 g/mol. The Balaban J connectivity index is 1.88. The first-order chi connectivity index (χ1) is 13.0. The normalized spacial score (nSPS) is 17.7. The summed E-state index contributed by atoms with van der Waals surface area (Å²) < 4.78 is 0. The number of nitrogens with one attached hydrogen (secondary N) is 1. The van der Waals surface area contributed by atoms with Gasteiger partial charge in [0.2, 0.25) is 5.91 Å². The lowest BCUT2D eigenvalue weighted by Crippen LogP contribution is -2.49. The van der Waals surface area contributed by atoms with Gasteiger partial charge in [-0.05, 0) is 49.8 Å². The molecule has 5 nitrogen and oxygen atoms in total. The van der Waals surface area contributed by atoms with Gasteiger partial charge < -0.3 is 10.3 Å². The number of hydrazone groups is 1. The number of benzene rings is 1. The second-order valence-corrected chi connectivity index (χ2v) is 7.80. The molecule has 0 saturated carbocycles. The van der Waals surface area contributed by atoms with E-state index in [0.29, 0.717) is 12.3 Å². The van der Waals surface area contributed by atoms with E-state index >= 15 is 0 Å². The van der Waals surface area contributed by atoms with Crippen LogP contribution in [0.1, 0.15) is 50.7 Å². The van der Waals surface area contributed by atoms with Crippen molar-refractivity contribution in [3.05, 3.63) is 35.4 Å². The van der Waals surface area contributed by atoms with Crippen molar-refractivity contribution in [2.45, 2.75) is 52.9 Å².